The van der Waals surface area contributed by atoms with Crippen molar-refractivity contribution in [2.24, 2.45) is 11.8 Å². The van der Waals surface area contributed by atoms with Crippen LogP contribution in [0.1, 0.15) is 35.8 Å². The molecule has 0 aromatic heterocycles. The Morgan fingerprint density at radius 1 is 1.29 bits per heavy atom. The summed E-state index contributed by atoms with van der Waals surface area (Å²) in [4.78, 5) is 42.2. The van der Waals surface area contributed by atoms with Crippen LogP contribution >= 0.6 is 11.6 Å². The van der Waals surface area contributed by atoms with Crippen LogP contribution in [0.2, 0.25) is 5.02 Å². The Morgan fingerprint density at radius 2 is 2.06 bits per heavy atom. The number of benzene rings is 2. The third-order valence-corrected chi connectivity index (χ3v) is 6.80. The molecule has 0 aliphatic carbocycles. The van der Waals surface area contributed by atoms with Gasteiger partial charge in [-0.1, -0.05) is 29.8 Å². The van der Waals surface area contributed by atoms with E-state index < -0.39 is 35.3 Å². The van der Waals surface area contributed by atoms with Crippen molar-refractivity contribution in [2.45, 2.75) is 25.4 Å². The van der Waals surface area contributed by atoms with Crippen LogP contribution in [-0.2, 0) is 14.3 Å². The number of nitrogens with zero attached hydrogens (tertiary/aromatic N) is 1. The molecule has 0 spiro atoms. The van der Waals surface area contributed by atoms with Crippen molar-refractivity contribution in [3.8, 4) is 5.75 Å². The van der Waals surface area contributed by atoms with Crippen molar-refractivity contribution < 1.29 is 23.9 Å². The van der Waals surface area contributed by atoms with E-state index in [9.17, 15) is 14.4 Å². The van der Waals surface area contributed by atoms with Gasteiger partial charge in [-0.3, -0.25) is 14.4 Å². The monoisotopic (exact) mass is 440 g/mol. The first kappa shape index (κ1) is 19.9. The molecule has 2 aromatic rings. The van der Waals surface area contributed by atoms with Gasteiger partial charge >= 0.3 is 5.97 Å². The minimum Gasteiger partial charge on any atom is -0.493 e. The van der Waals surface area contributed by atoms with Crippen LogP contribution in [0, 0.1) is 11.8 Å². The van der Waals surface area contributed by atoms with Gasteiger partial charge in [0.15, 0.2) is 0 Å². The number of halogens is 1. The number of hydrogen-bond acceptors (Lipinski definition) is 5. The number of nitrogens with one attached hydrogen (secondary N) is 1. The summed E-state index contributed by atoms with van der Waals surface area (Å²) < 4.78 is 11.3. The fourth-order valence-corrected chi connectivity index (χ4v) is 5.41. The molecule has 8 heteroatoms. The number of amides is 2. The molecule has 0 bridgehead atoms. The second kappa shape index (κ2) is 6.99. The van der Waals surface area contributed by atoms with Gasteiger partial charge in [-0.05, 0) is 38.1 Å². The number of anilines is 1. The maximum Gasteiger partial charge on any atom is 0.312 e. The van der Waals surface area contributed by atoms with Gasteiger partial charge in [-0.15, -0.1) is 0 Å². The quantitative estimate of drug-likeness (QED) is 0.723. The predicted octanol–water partition coefficient (Wildman–Crippen LogP) is 3.44. The molecular formula is C23H21ClN2O5. The van der Waals surface area contributed by atoms with Crippen LogP contribution < -0.4 is 10.1 Å². The second-order valence-corrected chi connectivity index (χ2v) is 8.59. The van der Waals surface area contributed by atoms with Gasteiger partial charge < -0.3 is 19.7 Å². The highest BCUT2D eigenvalue weighted by Gasteiger charge is 2.67. The van der Waals surface area contributed by atoms with E-state index in [2.05, 4.69) is 5.32 Å². The molecule has 0 saturated carbocycles. The zero-order valence-corrected chi connectivity index (χ0v) is 17.8. The van der Waals surface area contributed by atoms with Gasteiger partial charge in [0.2, 0.25) is 0 Å². The van der Waals surface area contributed by atoms with E-state index >= 15 is 0 Å². The van der Waals surface area contributed by atoms with Crippen molar-refractivity contribution in [2.75, 3.05) is 18.5 Å². The predicted molar refractivity (Wildman–Crippen MR) is 113 cm³/mol. The maximum atomic E-state index is 13.9. The fourth-order valence-electron chi connectivity index (χ4n) is 5.23. The molecule has 3 unspecified atom stereocenters. The zero-order valence-electron chi connectivity index (χ0n) is 17.1. The summed E-state index contributed by atoms with van der Waals surface area (Å²) in [6, 6.07) is 11.6. The summed E-state index contributed by atoms with van der Waals surface area (Å²) in [5.74, 6) is -2.01. The third-order valence-electron chi connectivity index (χ3n) is 6.57. The highest BCUT2D eigenvalue weighted by atomic mass is 35.5. The molecule has 1 N–H and O–H groups in total. The van der Waals surface area contributed by atoms with Crippen molar-refractivity contribution >= 4 is 35.1 Å². The van der Waals surface area contributed by atoms with Crippen LogP contribution in [0.5, 0.6) is 5.75 Å². The topological polar surface area (TPSA) is 84.9 Å². The van der Waals surface area contributed by atoms with Crippen LogP contribution in [0.25, 0.3) is 0 Å². The molecule has 5 rings (SSSR count). The molecule has 0 radical (unpaired) electrons. The van der Waals surface area contributed by atoms with E-state index in [1.54, 1.807) is 32.0 Å². The number of hydrogen-bond donors (Lipinski definition) is 1. The molecule has 3 aliphatic heterocycles. The lowest BCUT2D eigenvalue weighted by Crippen LogP contribution is -2.57. The highest BCUT2D eigenvalue weighted by Crippen LogP contribution is 2.56. The third kappa shape index (κ3) is 2.69. The maximum absolute atomic E-state index is 13.9. The number of fused-ring (bicyclic) bond motifs is 6. The summed E-state index contributed by atoms with van der Waals surface area (Å²) >= 11 is 6.17. The zero-order chi connectivity index (χ0) is 21.9. The van der Waals surface area contributed by atoms with E-state index in [0.29, 0.717) is 16.5 Å². The largest absolute Gasteiger partial charge is 0.493 e. The first-order valence-electron chi connectivity index (χ1n) is 10.2. The average Bonchev–Trinajstić information content (AvgIpc) is 3.00. The van der Waals surface area contributed by atoms with Crippen LogP contribution in [-0.4, -0.2) is 41.4 Å². The Morgan fingerprint density at radius 3 is 2.84 bits per heavy atom. The summed E-state index contributed by atoms with van der Waals surface area (Å²) in [6.45, 7) is 3.72. The van der Waals surface area contributed by atoms with E-state index in [1.165, 1.54) is 4.90 Å². The van der Waals surface area contributed by atoms with Gasteiger partial charge in [0.1, 0.15) is 11.3 Å². The molecule has 4 atom stereocenters. The van der Waals surface area contributed by atoms with Crippen molar-refractivity contribution in [1.29, 1.82) is 0 Å². The normalized spacial score (nSPS) is 28.4. The Bertz CT molecular complexity index is 1120. The van der Waals surface area contributed by atoms with Crippen molar-refractivity contribution in [1.82, 2.24) is 4.90 Å². The lowest BCUT2D eigenvalue weighted by molar-refractivity contribution is -0.155. The molecule has 2 aromatic carbocycles. The molecule has 3 heterocycles. The van der Waals surface area contributed by atoms with E-state index in [4.69, 9.17) is 21.1 Å². The van der Waals surface area contributed by atoms with E-state index in [1.807, 2.05) is 24.3 Å². The molecule has 2 amide bonds. The number of ether oxygens (including phenoxy) is 2. The summed E-state index contributed by atoms with van der Waals surface area (Å²) in [6.07, 6.45) is 0. The summed E-state index contributed by atoms with van der Waals surface area (Å²) in [5, 5.41) is 3.23. The molecular weight excluding hydrogens is 420 g/mol. The molecule has 160 valence electrons. The first-order valence-corrected chi connectivity index (χ1v) is 10.6. The lowest BCUT2D eigenvalue weighted by atomic mass is 9.77. The smallest absolute Gasteiger partial charge is 0.312 e. The fraction of sp³-hybridized carbons (Fsp3) is 0.348. The number of rotatable bonds is 2. The van der Waals surface area contributed by atoms with Crippen molar-refractivity contribution in [3.05, 3.63) is 58.6 Å². The molecule has 3 aliphatic rings. The highest BCUT2D eigenvalue weighted by molar-refractivity contribution is 6.31. The second-order valence-electron chi connectivity index (χ2n) is 8.15. The van der Waals surface area contributed by atoms with Crippen LogP contribution in [0.4, 0.5) is 5.69 Å². The Balaban J connectivity index is 1.76. The molecule has 7 nitrogen and oxygen atoms in total. The van der Waals surface area contributed by atoms with Crippen LogP contribution in [0.3, 0.4) is 0 Å². The van der Waals surface area contributed by atoms with Gasteiger partial charge in [-0.2, -0.15) is 0 Å². The minimum atomic E-state index is -1.47. The summed E-state index contributed by atoms with van der Waals surface area (Å²) in [5.41, 5.74) is -0.0416. The van der Waals surface area contributed by atoms with Gasteiger partial charge in [0.25, 0.3) is 11.8 Å². The number of carbonyl (C=O) groups excluding carboxylic acids is 3. The number of esters is 1. The number of carbonyl (C=O) groups is 3. The summed E-state index contributed by atoms with van der Waals surface area (Å²) in [7, 11) is 0. The SMILES string of the molecule is CCOC(=O)C1C2COc3ccccc3C2N2C(=O)c3cc(Cl)ccc3NC(=O)[C@@]12C. The van der Waals surface area contributed by atoms with E-state index in [0.717, 1.165) is 5.56 Å². The minimum absolute atomic E-state index is 0.172. The van der Waals surface area contributed by atoms with Crippen molar-refractivity contribution in [3.63, 3.8) is 0 Å². The van der Waals surface area contributed by atoms with Gasteiger partial charge in [-0.25, -0.2) is 0 Å². The Hall–Kier alpha value is -3.06. The lowest BCUT2D eigenvalue weighted by Gasteiger charge is -2.38. The molecule has 1 saturated heterocycles. The molecule has 1 fully saturated rings. The average molecular weight is 441 g/mol. The number of para-hydroxylation sites is 1. The van der Waals surface area contributed by atoms with E-state index in [-0.39, 0.29) is 24.7 Å². The van der Waals surface area contributed by atoms with Gasteiger partial charge in [0.05, 0.1) is 36.4 Å². The first-order chi connectivity index (χ1) is 14.9. The van der Waals surface area contributed by atoms with Gasteiger partial charge in [0, 0.05) is 16.5 Å². The molecule has 31 heavy (non-hydrogen) atoms. The standard InChI is InChI=1S/C23H21ClN2O5/c1-3-30-21(28)18-15-11-31-17-7-5-4-6-13(17)19(15)26-20(27)14-10-12(24)8-9-16(14)25-22(29)23(18,26)2/h4-10,15,18-19H,3,11H2,1-2H3,(H,25,29)/t15?,18?,19?,23-/m1/s1. The van der Waals surface area contributed by atoms with Crippen LogP contribution in [0.15, 0.2) is 42.5 Å². The Labute approximate surface area is 184 Å². The Kier molecular flexibility index (Phi) is 4.48.